The molecule has 0 radical (unpaired) electrons. The Bertz CT molecular complexity index is 478. The highest BCUT2D eigenvalue weighted by atomic mass is 16.5. The molecular formula is C17H25NO2. The summed E-state index contributed by atoms with van der Waals surface area (Å²) < 4.78 is 5.45. The van der Waals surface area contributed by atoms with E-state index in [0.29, 0.717) is 12.0 Å². The SMILES string of the molecule is COc1ccc(C(C)=O)cc1CN(CC(C)C)C1CC1. The molecule has 1 aromatic rings. The molecule has 0 spiro atoms. The van der Waals surface area contributed by atoms with Gasteiger partial charge in [0.1, 0.15) is 5.75 Å². The van der Waals surface area contributed by atoms with Crippen molar-refractivity contribution in [2.75, 3.05) is 13.7 Å². The van der Waals surface area contributed by atoms with E-state index in [0.717, 1.165) is 30.0 Å². The van der Waals surface area contributed by atoms with E-state index in [9.17, 15) is 4.79 Å². The lowest BCUT2D eigenvalue weighted by molar-refractivity contribution is 0.101. The van der Waals surface area contributed by atoms with Gasteiger partial charge in [-0.25, -0.2) is 0 Å². The van der Waals surface area contributed by atoms with Crippen LogP contribution in [0.4, 0.5) is 0 Å². The van der Waals surface area contributed by atoms with E-state index >= 15 is 0 Å². The van der Waals surface area contributed by atoms with Gasteiger partial charge in [0.15, 0.2) is 5.78 Å². The minimum absolute atomic E-state index is 0.107. The van der Waals surface area contributed by atoms with Gasteiger partial charge in [0.25, 0.3) is 0 Å². The molecule has 0 heterocycles. The van der Waals surface area contributed by atoms with E-state index in [-0.39, 0.29) is 5.78 Å². The molecule has 1 aliphatic carbocycles. The number of Topliss-reactive ketones (excluding diaryl/α,β-unsaturated/α-hetero) is 1. The molecule has 3 nitrogen and oxygen atoms in total. The van der Waals surface area contributed by atoms with Gasteiger partial charge in [-0.2, -0.15) is 0 Å². The molecule has 0 unspecified atom stereocenters. The summed E-state index contributed by atoms with van der Waals surface area (Å²) in [6, 6.07) is 6.45. The van der Waals surface area contributed by atoms with Crippen LogP contribution in [0.15, 0.2) is 18.2 Å². The van der Waals surface area contributed by atoms with Gasteiger partial charge in [-0.1, -0.05) is 13.8 Å². The highest BCUT2D eigenvalue weighted by Crippen LogP contribution is 2.31. The van der Waals surface area contributed by atoms with Gasteiger partial charge in [0.2, 0.25) is 0 Å². The van der Waals surface area contributed by atoms with Crippen molar-refractivity contribution in [2.45, 2.75) is 46.2 Å². The van der Waals surface area contributed by atoms with Crippen molar-refractivity contribution in [3.8, 4) is 5.75 Å². The van der Waals surface area contributed by atoms with Crippen LogP contribution in [0.3, 0.4) is 0 Å². The van der Waals surface area contributed by atoms with E-state index in [1.54, 1.807) is 14.0 Å². The van der Waals surface area contributed by atoms with Gasteiger partial charge in [-0.05, 0) is 43.9 Å². The van der Waals surface area contributed by atoms with Gasteiger partial charge in [0, 0.05) is 30.3 Å². The molecule has 110 valence electrons. The highest BCUT2D eigenvalue weighted by molar-refractivity contribution is 5.94. The molecule has 0 N–H and O–H groups in total. The Labute approximate surface area is 121 Å². The van der Waals surface area contributed by atoms with Crippen LogP contribution in [0.2, 0.25) is 0 Å². The number of carbonyl (C=O) groups is 1. The van der Waals surface area contributed by atoms with Crippen molar-refractivity contribution >= 4 is 5.78 Å². The lowest BCUT2D eigenvalue weighted by Gasteiger charge is -2.25. The Morgan fingerprint density at radius 2 is 2.10 bits per heavy atom. The second kappa shape index (κ2) is 6.40. The van der Waals surface area contributed by atoms with Crippen LogP contribution in [-0.4, -0.2) is 30.4 Å². The summed E-state index contributed by atoms with van der Waals surface area (Å²) in [7, 11) is 1.69. The number of hydrogen-bond donors (Lipinski definition) is 0. The van der Waals surface area contributed by atoms with Crippen molar-refractivity contribution in [3.05, 3.63) is 29.3 Å². The fourth-order valence-corrected chi connectivity index (χ4v) is 2.59. The van der Waals surface area contributed by atoms with Crippen LogP contribution in [0, 0.1) is 5.92 Å². The number of ketones is 1. The Balaban J connectivity index is 2.20. The third kappa shape index (κ3) is 3.83. The topological polar surface area (TPSA) is 29.5 Å². The maximum atomic E-state index is 11.6. The third-order valence-electron chi connectivity index (χ3n) is 3.72. The zero-order chi connectivity index (χ0) is 14.7. The van der Waals surface area contributed by atoms with Crippen LogP contribution < -0.4 is 4.74 Å². The molecule has 0 aromatic heterocycles. The summed E-state index contributed by atoms with van der Waals surface area (Å²) in [6.45, 7) is 8.07. The predicted molar refractivity (Wildman–Crippen MR) is 81.3 cm³/mol. The van der Waals surface area contributed by atoms with E-state index in [2.05, 4.69) is 18.7 Å². The molecule has 3 heteroatoms. The molecule has 20 heavy (non-hydrogen) atoms. The summed E-state index contributed by atoms with van der Waals surface area (Å²) in [5.41, 5.74) is 1.88. The minimum atomic E-state index is 0.107. The fourth-order valence-electron chi connectivity index (χ4n) is 2.59. The van der Waals surface area contributed by atoms with Crippen LogP contribution in [0.25, 0.3) is 0 Å². The molecule has 1 saturated carbocycles. The Hall–Kier alpha value is -1.35. The first-order valence-corrected chi connectivity index (χ1v) is 7.43. The fraction of sp³-hybridized carbons (Fsp3) is 0.588. The Morgan fingerprint density at radius 1 is 1.40 bits per heavy atom. The lowest BCUT2D eigenvalue weighted by Crippen LogP contribution is -2.29. The summed E-state index contributed by atoms with van der Waals surface area (Å²) >= 11 is 0. The van der Waals surface area contributed by atoms with E-state index in [1.165, 1.54) is 12.8 Å². The van der Waals surface area contributed by atoms with E-state index in [1.807, 2.05) is 18.2 Å². The molecule has 2 rings (SSSR count). The van der Waals surface area contributed by atoms with Crippen molar-refractivity contribution in [1.82, 2.24) is 4.90 Å². The number of benzene rings is 1. The van der Waals surface area contributed by atoms with E-state index in [4.69, 9.17) is 4.74 Å². The molecule has 1 aliphatic rings. The first kappa shape index (κ1) is 15.0. The largest absolute Gasteiger partial charge is 0.496 e. The zero-order valence-electron chi connectivity index (χ0n) is 13.0. The van der Waals surface area contributed by atoms with Gasteiger partial charge in [-0.3, -0.25) is 9.69 Å². The molecule has 0 atom stereocenters. The second-order valence-electron chi connectivity index (χ2n) is 6.14. The summed E-state index contributed by atoms with van der Waals surface area (Å²) in [5, 5.41) is 0. The van der Waals surface area contributed by atoms with Crippen molar-refractivity contribution < 1.29 is 9.53 Å². The first-order valence-electron chi connectivity index (χ1n) is 7.43. The molecule has 0 amide bonds. The number of ether oxygens (including phenoxy) is 1. The monoisotopic (exact) mass is 275 g/mol. The molecule has 0 aliphatic heterocycles. The van der Waals surface area contributed by atoms with Crippen LogP contribution in [0.1, 0.15) is 49.5 Å². The number of methoxy groups -OCH3 is 1. The van der Waals surface area contributed by atoms with Crippen molar-refractivity contribution in [2.24, 2.45) is 5.92 Å². The van der Waals surface area contributed by atoms with Crippen LogP contribution in [0.5, 0.6) is 5.75 Å². The van der Waals surface area contributed by atoms with Gasteiger partial charge in [0.05, 0.1) is 7.11 Å². The van der Waals surface area contributed by atoms with Gasteiger partial charge in [-0.15, -0.1) is 0 Å². The number of rotatable bonds is 7. The normalized spacial score (nSPS) is 14.9. The van der Waals surface area contributed by atoms with Crippen molar-refractivity contribution in [3.63, 3.8) is 0 Å². The number of nitrogens with zero attached hydrogens (tertiary/aromatic N) is 1. The molecule has 1 aromatic carbocycles. The number of hydrogen-bond acceptors (Lipinski definition) is 3. The van der Waals surface area contributed by atoms with Crippen LogP contribution >= 0.6 is 0 Å². The van der Waals surface area contributed by atoms with Crippen molar-refractivity contribution in [1.29, 1.82) is 0 Å². The zero-order valence-corrected chi connectivity index (χ0v) is 13.0. The highest BCUT2D eigenvalue weighted by Gasteiger charge is 2.29. The molecule has 0 saturated heterocycles. The third-order valence-corrected chi connectivity index (χ3v) is 3.72. The summed E-state index contributed by atoms with van der Waals surface area (Å²) in [6.07, 6.45) is 2.59. The van der Waals surface area contributed by atoms with Crippen LogP contribution in [-0.2, 0) is 6.54 Å². The maximum Gasteiger partial charge on any atom is 0.159 e. The van der Waals surface area contributed by atoms with E-state index < -0.39 is 0 Å². The summed E-state index contributed by atoms with van der Waals surface area (Å²) in [4.78, 5) is 14.1. The number of carbonyl (C=O) groups excluding carboxylic acids is 1. The maximum absolute atomic E-state index is 11.6. The Morgan fingerprint density at radius 3 is 2.60 bits per heavy atom. The quantitative estimate of drug-likeness (QED) is 0.713. The molecule has 0 bridgehead atoms. The lowest BCUT2D eigenvalue weighted by atomic mass is 10.1. The smallest absolute Gasteiger partial charge is 0.159 e. The minimum Gasteiger partial charge on any atom is -0.496 e. The second-order valence-corrected chi connectivity index (χ2v) is 6.14. The summed E-state index contributed by atoms with van der Waals surface area (Å²) in [5.74, 6) is 1.64. The Kier molecular flexibility index (Phi) is 4.81. The standard InChI is InChI=1S/C17H25NO2/c1-12(2)10-18(16-6-7-16)11-15-9-14(13(3)19)5-8-17(15)20-4/h5,8-9,12,16H,6-7,10-11H2,1-4H3. The molecular weight excluding hydrogens is 250 g/mol. The molecule has 1 fully saturated rings. The average Bonchev–Trinajstić information content (AvgIpc) is 3.21. The average molecular weight is 275 g/mol. The van der Waals surface area contributed by atoms with Gasteiger partial charge >= 0.3 is 0 Å². The van der Waals surface area contributed by atoms with Gasteiger partial charge < -0.3 is 4.74 Å². The first-order chi connectivity index (χ1) is 9.51. The predicted octanol–water partition coefficient (Wildman–Crippen LogP) is 3.52.